The van der Waals surface area contributed by atoms with Crippen LogP contribution in [0.15, 0.2) is 36.4 Å². The summed E-state index contributed by atoms with van der Waals surface area (Å²) in [5, 5.41) is 0. The third-order valence-electron chi connectivity index (χ3n) is 4.19. The average Bonchev–Trinajstić information content (AvgIpc) is 2.69. The minimum absolute atomic E-state index is 0.286. The predicted octanol–water partition coefficient (Wildman–Crippen LogP) is 2.94. The molecule has 6 nitrogen and oxygen atoms in total. The highest BCUT2D eigenvalue weighted by Gasteiger charge is 2.19. The summed E-state index contributed by atoms with van der Waals surface area (Å²) in [6, 6.07) is 7.90. The Morgan fingerprint density at radius 1 is 1.07 bits per heavy atom. The van der Waals surface area contributed by atoms with E-state index < -0.39 is 35.7 Å². The Balaban J connectivity index is 1.59. The third-order valence-corrected chi connectivity index (χ3v) is 4.19. The van der Waals surface area contributed by atoms with Gasteiger partial charge in [-0.15, -0.1) is 0 Å². The summed E-state index contributed by atoms with van der Waals surface area (Å²) in [4.78, 5) is 25.8. The second-order valence-electron chi connectivity index (χ2n) is 6.09. The first-order valence-electron chi connectivity index (χ1n) is 8.76. The van der Waals surface area contributed by atoms with Gasteiger partial charge in [0.05, 0.1) is 5.56 Å². The topological polar surface area (TPSA) is 65.1 Å². The molecule has 0 aromatic heterocycles. The Kier molecular flexibility index (Phi) is 6.08. The molecule has 0 radical (unpaired) electrons. The van der Waals surface area contributed by atoms with Crippen molar-refractivity contribution in [1.82, 2.24) is 4.90 Å². The van der Waals surface area contributed by atoms with Gasteiger partial charge in [-0.05, 0) is 36.8 Å². The highest BCUT2D eigenvalue weighted by molar-refractivity contribution is 5.91. The summed E-state index contributed by atoms with van der Waals surface area (Å²) in [5.41, 5.74) is 0.402. The Hall–Kier alpha value is -3.16. The number of ether oxygens (including phenoxy) is 3. The summed E-state index contributed by atoms with van der Waals surface area (Å²) >= 11 is 0. The standard InChI is InChI=1S/C20H19F2NO5/c1-2-23(11-13-3-6-17-18(9-13)27-8-7-26-17)19(24)12-28-20(25)15-5-4-14(21)10-16(15)22/h3-6,9-10H,2,7-8,11-12H2,1H3. The van der Waals surface area contributed by atoms with E-state index in [4.69, 9.17) is 14.2 Å². The molecule has 8 heteroatoms. The molecule has 0 fully saturated rings. The van der Waals surface area contributed by atoms with Crippen molar-refractivity contribution in [1.29, 1.82) is 0 Å². The number of hydrogen-bond donors (Lipinski definition) is 0. The van der Waals surface area contributed by atoms with Gasteiger partial charge < -0.3 is 19.1 Å². The van der Waals surface area contributed by atoms with Gasteiger partial charge in [0.25, 0.3) is 5.91 Å². The molecule has 0 spiro atoms. The molecule has 0 aliphatic carbocycles. The van der Waals surface area contributed by atoms with Gasteiger partial charge in [-0.1, -0.05) is 6.07 Å². The van der Waals surface area contributed by atoms with Crippen LogP contribution in [0.2, 0.25) is 0 Å². The predicted molar refractivity (Wildman–Crippen MR) is 95.2 cm³/mol. The molecule has 28 heavy (non-hydrogen) atoms. The molecule has 3 rings (SSSR count). The van der Waals surface area contributed by atoms with Crippen molar-refractivity contribution in [2.24, 2.45) is 0 Å². The Labute approximate surface area is 160 Å². The van der Waals surface area contributed by atoms with Crippen LogP contribution in [-0.4, -0.2) is 43.1 Å². The zero-order valence-corrected chi connectivity index (χ0v) is 15.2. The molecule has 1 aliphatic heterocycles. The summed E-state index contributed by atoms with van der Waals surface area (Å²) in [6.45, 7) is 2.87. The number of amides is 1. The molecule has 0 saturated heterocycles. The van der Waals surface area contributed by atoms with Crippen molar-refractivity contribution in [3.05, 3.63) is 59.2 Å². The maximum absolute atomic E-state index is 13.6. The molecule has 2 aromatic rings. The van der Waals surface area contributed by atoms with Crippen LogP contribution in [0, 0.1) is 11.6 Å². The summed E-state index contributed by atoms with van der Waals surface area (Å²) in [7, 11) is 0. The second-order valence-corrected chi connectivity index (χ2v) is 6.09. The molecular formula is C20H19F2NO5. The first-order chi connectivity index (χ1) is 13.5. The number of carbonyl (C=O) groups is 2. The van der Waals surface area contributed by atoms with Crippen LogP contribution >= 0.6 is 0 Å². The molecule has 0 unspecified atom stereocenters. The normalized spacial score (nSPS) is 12.4. The number of fused-ring (bicyclic) bond motifs is 1. The minimum atomic E-state index is -1.04. The monoisotopic (exact) mass is 391 g/mol. The van der Waals surface area contributed by atoms with E-state index in [1.54, 1.807) is 19.1 Å². The lowest BCUT2D eigenvalue weighted by molar-refractivity contribution is -0.135. The van der Waals surface area contributed by atoms with Crippen LogP contribution in [-0.2, 0) is 16.1 Å². The largest absolute Gasteiger partial charge is 0.486 e. The van der Waals surface area contributed by atoms with Gasteiger partial charge in [-0.2, -0.15) is 0 Å². The number of esters is 1. The van der Waals surface area contributed by atoms with Gasteiger partial charge in [0.1, 0.15) is 24.8 Å². The number of likely N-dealkylation sites (N-methyl/N-ethyl adjacent to an activating group) is 1. The molecule has 1 heterocycles. The number of nitrogens with zero attached hydrogens (tertiary/aromatic N) is 1. The fraction of sp³-hybridized carbons (Fsp3) is 0.300. The lowest BCUT2D eigenvalue weighted by Crippen LogP contribution is -2.34. The average molecular weight is 391 g/mol. The third kappa shape index (κ3) is 4.57. The van der Waals surface area contributed by atoms with E-state index in [0.29, 0.717) is 37.3 Å². The van der Waals surface area contributed by atoms with Gasteiger partial charge in [-0.25, -0.2) is 13.6 Å². The first kappa shape index (κ1) is 19.6. The highest BCUT2D eigenvalue weighted by Crippen LogP contribution is 2.31. The van der Waals surface area contributed by atoms with Crippen molar-refractivity contribution in [2.75, 3.05) is 26.4 Å². The van der Waals surface area contributed by atoms with Crippen LogP contribution in [0.1, 0.15) is 22.8 Å². The van der Waals surface area contributed by atoms with E-state index in [2.05, 4.69) is 0 Å². The van der Waals surface area contributed by atoms with Crippen molar-refractivity contribution in [2.45, 2.75) is 13.5 Å². The number of carbonyl (C=O) groups excluding carboxylic acids is 2. The molecular weight excluding hydrogens is 372 g/mol. The van der Waals surface area contributed by atoms with Crippen molar-refractivity contribution < 1.29 is 32.6 Å². The van der Waals surface area contributed by atoms with Crippen LogP contribution in [0.5, 0.6) is 11.5 Å². The SMILES string of the molecule is CCN(Cc1ccc2c(c1)OCCO2)C(=O)COC(=O)c1ccc(F)cc1F. The van der Waals surface area contributed by atoms with Crippen LogP contribution in [0.4, 0.5) is 8.78 Å². The van der Waals surface area contributed by atoms with E-state index >= 15 is 0 Å². The van der Waals surface area contributed by atoms with Gasteiger partial charge in [0.2, 0.25) is 0 Å². The summed E-state index contributed by atoms with van der Waals surface area (Å²) < 4.78 is 42.4. The molecule has 2 aromatic carbocycles. The minimum Gasteiger partial charge on any atom is -0.486 e. The lowest BCUT2D eigenvalue weighted by Gasteiger charge is -2.23. The fourth-order valence-corrected chi connectivity index (χ4v) is 2.73. The van der Waals surface area contributed by atoms with Gasteiger partial charge in [0.15, 0.2) is 18.1 Å². The molecule has 1 amide bonds. The molecule has 0 N–H and O–H groups in total. The maximum Gasteiger partial charge on any atom is 0.341 e. The number of rotatable bonds is 6. The molecule has 0 atom stereocenters. The van der Waals surface area contributed by atoms with Crippen LogP contribution in [0.3, 0.4) is 0 Å². The number of benzene rings is 2. The molecule has 0 bridgehead atoms. The Bertz CT molecular complexity index is 887. The molecule has 148 valence electrons. The smallest absolute Gasteiger partial charge is 0.341 e. The van der Waals surface area contributed by atoms with Gasteiger partial charge in [0, 0.05) is 19.2 Å². The number of hydrogen-bond acceptors (Lipinski definition) is 5. The lowest BCUT2D eigenvalue weighted by atomic mass is 10.1. The molecule has 0 saturated carbocycles. The van der Waals surface area contributed by atoms with E-state index in [9.17, 15) is 18.4 Å². The fourth-order valence-electron chi connectivity index (χ4n) is 2.73. The second kappa shape index (κ2) is 8.69. The van der Waals surface area contributed by atoms with Crippen molar-refractivity contribution >= 4 is 11.9 Å². The van der Waals surface area contributed by atoms with Crippen molar-refractivity contribution in [3.8, 4) is 11.5 Å². The van der Waals surface area contributed by atoms with E-state index in [-0.39, 0.29) is 6.54 Å². The van der Waals surface area contributed by atoms with E-state index in [1.165, 1.54) is 4.90 Å². The maximum atomic E-state index is 13.6. The van der Waals surface area contributed by atoms with Crippen LogP contribution < -0.4 is 9.47 Å². The quantitative estimate of drug-likeness (QED) is 0.709. The van der Waals surface area contributed by atoms with E-state index in [1.807, 2.05) is 6.07 Å². The zero-order valence-electron chi connectivity index (χ0n) is 15.2. The molecule has 1 aliphatic rings. The van der Waals surface area contributed by atoms with Crippen LogP contribution in [0.25, 0.3) is 0 Å². The van der Waals surface area contributed by atoms with E-state index in [0.717, 1.165) is 17.7 Å². The Morgan fingerprint density at radius 2 is 1.82 bits per heavy atom. The van der Waals surface area contributed by atoms with Gasteiger partial charge >= 0.3 is 5.97 Å². The Morgan fingerprint density at radius 3 is 2.54 bits per heavy atom. The first-order valence-corrected chi connectivity index (χ1v) is 8.76. The summed E-state index contributed by atoms with van der Waals surface area (Å²) in [6.07, 6.45) is 0. The summed E-state index contributed by atoms with van der Waals surface area (Å²) in [5.74, 6) is -2.04. The van der Waals surface area contributed by atoms with Gasteiger partial charge in [-0.3, -0.25) is 4.79 Å². The van der Waals surface area contributed by atoms with Crippen molar-refractivity contribution in [3.63, 3.8) is 0 Å². The highest BCUT2D eigenvalue weighted by atomic mass is 19.1. The zero-order chi connectivity index (χ0) is 20.1. The number of halogens is 2.